The fourth-order valence-electron chi connectivity index (χ4n) is 4.13. The third-order valence-electron chi connectivity index (χ3n) is 5.96. The number of hydrogen-bond acceptors (Lipinski definition) is 6. The van der Waals surface area contributed by atoms with E-state index in [0.717, 1.165) is 22.6 Å². The second-order valence-corrected chi connectivity index (χ2v) is 8.36. The van der Waals surface area contributed by atoms with Crippen molar-refractivity contribution < 1.29 is 28.6 Å². The molecule has 1 aliphatic rings. The van der Waals surface area contributed by atoms with Gasteiger partial charge < -0.3 is 19.0 Å². The molecule has 1 aliphatic heterocycles. The van der Waals surface area contributed by atoms with E-state index in [2.05, 4.69) is 4.98 Å². The van der Waals surface area contributed by atoms with Gasteiger partial charge in [0.25, 0.3) is 0 Å². The number of benzene rings is 2. The van der Waals surface area contributed by atoms with Gasteiger partial charge in [-0.1, -0.05) is 30.3 Å². The average molecular weight is 477 g/mol. The van der Waals surface area contributed by atoms with Crippen LogP contribution in [-0.2, 0) is 22.4 Å². The molecule has 0 bridgehead atoms. The summed E-state index contributed by atoms with van der Waals surface area (Å²) in [6.45, 7) is 2.62. The van der Waals surface area contributed by atoms with Crippen LogP contribution in [0.2, 0.25) is 0 Å². The molecule has 2 heterocycles. The van der Waals surface area contributed by atoms with Crippen LogP contribution in [-0.4, -0.2) is 47.3 Å². The first kappa shape index (κ1) is 24.1. The molecule has 8 heteroatoms. The van der Waals surface area contributed by atoms with Crippen LogP contribution in [0, 0.1) is 12.8 Å². The second-order valence-electron chi connectivity index (χ2n) is 8.36. The van der Waals surface area contributed by atoms with Crippen LogP contribution >= 0.6 is 0 Å². The highest BCUT2D eigenvalue weighted by atomic mass is 16.5. The highest BCUT2D eigenvalue weighted by molar-refractivity contribution is 5.76. The Labute approximate surface area is 203 Å². The molecule has 1 atom stereocenters. The third kappa shape index (κ3) is 5.90. The molecular formula is C27H28N2O6. The SMILES string of the molecule is COC(=O)N1C=C(Cc2cccc(OCCc3nc(-c4ccccc4)oc3C)c2)C(C(=O)O)CC1. The molecule has 1 amide bonds. The van der Waals surface area contributed by atoms with Gasteiger partial charge in [-0.15, -0.1) is 0 Å². The molecule has 1 aromatic heterocycles. The Bertz CT molecular complexity index is 1220. The first-order valence-electron chi connectivity index (χ1n) is 11.5. The smallest absolute Gasteiger partial charge is 0.413 e. The quantitative estimate of drug-likeness (QED) is 0.495. The van der Waals surface area contributed by atoms with E-state index in [-0.39, 0.29) is 0 Å². The van der Waals surface area contributed by atoms with Gasteiger partial charge in [0, 0.05) is 24.7 Å². The van der Waals surface area contributed by atoms with Gasteiger partial charge in [-0.3, -0.25) is 9.69 Å². The van der Waals surface area contributed by atoms with Crippen LogP contribution in [0.3, 0.4) is 0 Å². The van der Waals surface area contributed by atoms with Crippen LogP contribution in [0.15, 0.2) is 70.8 Å². The monoisotopic (exact) mass is 476 g/mol. The second kappa shape index (κ2) is 10.9. The van der Waals surface area contributed by atoms with Crippen molar-refractivity contribution in [3.05, 3.63) is 83.4 Å². The average Bonchev–Trinajstić information content (AvgIpc) is 3.24. The predicted octanol–water partition coefficient (Wildman–Crippen LogP) is 4.87. The summed E-state index contributed by atoms with van der Waals surface area (Å²) in [5, 5.41) is 9.63. The molecule has 0 radical (unpaired) electrons. The minimum absolute atomic E-state index is 0.309. The van der Waals surface area contributed by atoms with Gasteiger partial charge in [0.1, 0.15) is 11.5 Å². The number of nitrogens with zero attached hydrogens (tertiary/aromatic N) is 2. The number of carbonyl (C=O) groups is 2. The summed E-state index contributed by atoms with van der Waals surface area (Å²) in [7, 11) is 1.31. The molecule has 8 nitrogen and oxygen atoms in total. The Morgan fingerprint density at radius 1 is 1.17 bits per heavy atom. The van der Waals surface area contributed by atoms with Gasteiger partial charge in [0.2, 0.25) is 5.89 Å². The minimum Gasteiger partial charge on any atom is -0.493 e. The van der Waals surface area contributed by atoms with Gasteiger partial charge in [0.05, 0.1) is 25.3 Å². The standard InChI is InChI=1S/C27H28N2O6/c1-18-24(28-25(35-18)20-8-4-3-5-9-20)12-14-34-22-10-6-7-19(16-22)15-21-17-29(27(32)33-2)13-11-23(21)26(30)31/h3-10,16-17,23H,11-15H2,1-2H3,(H,30,31). The largest absolute Gasteiger partial charge is 0.493 e. The maximum atomic E-state index is 11.9. The molecule has 0 fully saturated rings. The van der Waals surface area contributed by atoms with E-state index in [1.165, 1.54) is 12.0 Å². The first-order chi connectivity index (χ1) is 16.9. The van der Waals surface area contributed by atoms with E-state index in [1.54, 1.807) is 6.20 Å². The van der Waals surface area contributed by atoms with Crippen LogP contribution in [0.25, 0.3) is 11.5 Å². The van der Waals surface area contributed by atoms with Crippen LogP contribution in [0.4, 0.5) is 4.79 Å². The molecule has 1 N–H and O–H groups in total. The van der Waals surface area contributed by atoms with Crippen molar-refractivity contribution in [2.75, 3.05) is 20.3 Å². The molecule has 4 rings (SSSR count). The van der Waals surface area contributed by atoms with Crippen molar-refractivity contribution >= 4 is 12.1 Å². The topological polar surface area (TPSA) is 102 Å². The number of aryl methyl sites for hydroxylation is 1. The van der Waals surface area contributed by atoms with Gasteiger partial charge in [-0.2, -0.15) is 0 Å². The van der Waals surface area contributed by atoms with E-state index in [9.17, 15) is 14.7 Å². The number of aliphatic carboxylic acids is 1. The summed E-state index contributed by atoms with van der Waals surface area (Å²) >= 11 is 0. The van der Waals surface area contributed by atoms with Crippen molar-refractivity contribution in [3.63, 3.8) is 0 Å². The summed E-state index contributed by atoms with van der Waals surface area (Å²) in [4.78, 5) is 29.7. The number of oxazole rings is 1. The highest BCUT2D eigenvalue weighted by Crippen LogP contribution is 2.28. The Morgan fingerprint density at radius 2 is 1.97 bits per heavy atom. The molecule has 0 spiro atoms. The zero-order valence-corrected chi connectivity index (χ0v) is 19.8. The minimum atomic E-state index is -0.897. The number of rotatable bonds is 8. The fraction of sp³-hybridized carbons (Fsp3) is 0.296. The van der Waals surface area contributed by atoms with E-state index in [4.69, 9.17) is 13.9 Å². The molecule has 1 unspecified atom stereocenters. The number of methoxy groups -OCH3 is 1. The number of carboxylic acids is 1. The molecule has 0 saturated carbocycles. The van der Waals surface area contributed by atoms with E-state index in [0.29, 0.717) is 49.6 Å². The number of amides is 1. The molecule has 35 heavy (non-hydrogen) atoms. The van der Waals surface area contributed by atoms with Crippen molar-refractivity contribution in [2.45, 2.75) is 26.2 Å². The molecule has 3 aromatic rings. The van der Waals surface area contributed by atoms with Crippen molar-refractivity contribution in [1.82, 2.24) is 9.88 Å². The number of hydrogen-bond donors (Lipinski definition) is 1. The van der Waals surface area contributed by atoms with Crippen LogP contribution < -0.4 is 4.74 Å². The maximum Gasteiger partial charge on any atom is 0.413 e. The Morgan fingerprint density at radius 3 is 2.71 bits per heavy atom. The fourth-order valence-corrected chi connectivity index (χ4v) is 4.13. The molecule has 0 saturated heterocycles. The van der Waals surface area contributed by atoms with Gasteiger partial charge >= 0.3 is 12.1 Å². The Kier molecular flexibility index (Phi) is 7.50. The van der Waals surface area contributed by atoms with E-state index in [1.807, 2.05) is 61.5 Å². The normalized spacial score (nSPS) is 15.4. The Hall–Kier alpha value is -4.07. The predicted molar refractivity (Wildman–Crippen MR) is 129 cm³/mol. The van der Waals surface area contributed by atoms with Gasteiger partial charge in [-0.05, 0) is 55.2 Å². The number of carbonyl (C=O) groups excluding carboxylic acids is 1. The van der Waals surface area contributed by atoms with Crippen molar-refractivity contribution in [1.29, 1.82) is 0 Å². The van der Waals surface area contributed by atoms with E-state index >= 15 is 0 Å². The summed E-state index contributed by atoms with van der Waals surface area (Å²) in [5.41, 5.74) is 3.33. The third-order valence-corrected chi connectivity index (χ3v) is 5.96. The Balaban J connectivity index is 1.40. The highest BCUT2D eigenvalue weighted by Gasteiger charge is 2.29. The lowest BCUT2D eigenvalue weighted by Gasteiger charge is -2.28. The lowest BCUT2D eigenvalue weighted by molar-refractivity contribution is -0.141. The van der Waals surface area contributed by atoms with Crippen LogP contribution in [0.1, 0.15) is 23.4 Å². The van der Waals surface area contributed by atoms with Gasteiger partial charge in [0.15, 0.2) is 0 Å². The van der Waals surface area contributed by atoms with Crippen molar-refractivity contribution in [3.8, 4) is 17.2 Å². The first-order valence-corrected chi connectivity index (χ1v) is 11.5. The summed E-state index contributed by atoms with van der Waals surface area (Å²) in [6.07, 6.45) is 2.42. The number of carboxylic acid groups (broad SMARTS) is 1. The maximum absolute atomic E-state index is 11.9. The summed E-state index contributed by atoms with van der Waals surface area (Å²) in [6, 6.07) is 17.3. The molecular weight excluding hydrogens is 448 g/mol. The summed E-state index contributed by atoms with van der Waals surface area (Å²) in [5.74, 6) is 0.496. The number of ether oxygens (including phenoxy) is 2. The molecule has 2 aromatic carbocycles. The van der Waals surface area contributed by atoms with Gasteiger partial charge in [-0.25, -0.2) is 9.78 Å². The lowest BCUT2D eigenvalue weighted by Crippen LogP contribution is -2.35. The van der Waals surface area contributed by atoms with Crippen LogP contribution in [0.5, 0.6) is 5.75 Å². The zero-order valence-electron chi connectivity index (χ0n) is 19.8. The molecule has 182 valence electrons. The van der Waals surface area contributed by atoms with E-state index < -0.39 is 18.0 Å². The van der Waals surface area contributed by atoms with Crippen molar-refractivity contribution in [2.24, 2.45) is 5.92 Å². The number of aromatic nitrogens is 1. The summed E-state index contributed by atoms with van der Waals surface area (Å²) < 4.78 is 16.6. The lowest BCUT2D eigenvalue weighted by atomic mass is 9.88. The molecule has 0 aliphatic carbocycles. The zero-order chi connectivity index (χ0) is 24.8.